The third kappa shape index (κ3) is 8.25. The van der Waals surface area contributed by atoms with Crippen LogP contribution in [0, 0.1) is 11.6 Å². The highest BCUT2D eigenvalue weighted by atomic mass is 32.2. The normalized spacial score (nSPS) is 14.0. The van der Waals surface area contributed by atoms with E-state index in [4.69, 9.17) is 10.5 Å². The Morgan fingerprint density at radius 3 is 2.66 bits per heavy atom. The Morgan fingerprint density at radius 2 is 1.91 bits per heavy atom. The fraction of sp³-hybridized carbons (Fsp3) is 0.360. The van der Waals surface area contributed by atoms with Gasteiger partial charge in [0.25, 0.3) is 0 Å². The Kier molecular flexibility index (Phi) is 9.50. The number of ether oxygens (including phenoxy) is 1. The minimum absolute atomic E-state index is 0.0648. The molecule has 2 heterocycles. The van der Waals surface area contributed by atoms with E-state index in [2.05, 4.69) is 20.6 Å². The molecule has 10 heteroatoms. The summed E-state index contributed by atoms with van der Waals surface area (Å²) in [5.41, 5.74) is 7.40. The van der Waals surface area contributed by atoms with Crippen molar-refractivity contribution in [2.75, 3.05) is 30.0 Å². The first-order valence-corrected chi connectivity index (χ1v) is 13.1. The van der Waals surface area contributed by atoms with Crippen molar-refractivity contribution in [1.82, 2.24) is 9.97 Å². The molecule has 0 saturated carbocycles. The van der Waals surface area contributed by atoms with E-state index in [1.807, 2.05) is 26.0 Å². The molecule has 35 heavy (non-hydrogen) atoms. The predicted octanol–water partition coefficient (Wildman–Crippen LogP) is 4.98. The number of nitrogens with one attached hydrogen (secondary N) is 2. The number of hydrogen-bond donors (Lipinski definition) is 3. The van der Waals surface area contributed by atoms with E-state index in [0.29, 0.717) is 47.6 Å². The van der Waals surface area contributed by atoms with Gasteiger partial charge in [-0.2, -0.15) is 0 Å². The Balaban J connectivity index is 0.000000795. The summed E-state index contributed by atoms with van der Waals surface area (Å²) in [7, 11) is -1.02. The average molecular weight is 504 g/mol. The summed E-state index contributed by atoms with van der Waals surface area (Å²) in [6.45, 7) is 4.92. The molecule has 0 saturated heterocycles. The number of fused-ring (bicyclic) bond motifs is 7. The van der Waals surface area contributed by atoms with Crippen LogP contribution in [0.15, 0.2) is 42.6 Å². The molecular weight excluding hydrogens is 472 g/mol. The maximum Gasteiger partial charge on any atom is 0.227 e. The lowest BCUT2D eigenvalue weighted by Gasteiger charge is -2.14. The van der Waals surface area contributed by atoms with Crippen LogP contribution in [0.25, 0.3) is 11.3 Å². The Bertz CT molecular complexity index is 1170. The summed E-state index contributed by atoms with van der Waals surface area (Å²) >= 11 is 0. The minimum Gasteiger partial charge on any atom is -0.494 e. The summed E-state index contributed by atoms with van der Waals surface area (Å²) in [5.74, 6) is 0.171. The van der Waals surface area contributed by atoms with Crippen LogP contribution < -0.4 is 21.1 Å². The molecule has 3 aromatic rings. The lowest BCUT2D eigenvalue weighted by atomic mass is 10.1. The average Bonchev–Trinajstić information content (AvgIpc) is 2.77. The largest absolute Gasteiger partial charge is 0.494 e. The van der Waals surface area contributed by atoms with Gasteiger partial charge in [-0.3, -0.25) is 4.21 Å². The van der Waals surface area contributed by atoms with E-state index < -0.39 is 22.4 Å². The van der Waals surface area contributed by atoms with Crippen LogP contribution in [0.5, 0.6) is 5.75 Å². The van der Waals surface area contributed by atoms with Gasteiger partial charge in [0.2, 0.25) is 5.95 Å². The number of rotatable bonds is 2. The fourth-order valence-electron chi connectivity index (χ4n) is 3.34. The highest BCUT2D eigenvalue weighted by molar-refractivity contribution is 7.83. The number of nitrogens with two attached hydrogens (primary N) is 1. The molecule has 1 unspecified atom stereocenters. The highest BCUT2D eigenvalue weighted by Gasteiger charge is 2.14. The molecule has 6 bridgehead atoms. The standard InChI is InChI=1S/C22H22F2N4O2S.C3H9N/c1-31(29)13-14-8-16-11-17(9-14)30-7-3-2-6-25-20-10-15(4-5-18(20)23)21-19(24)12-26-22(27-16)28-21;1-3(2)4/h4-5,8-12,25H,2-3,6-7,13H2,1H3,(H,26,27,28);3H,4H2,1-2H3. The van der Waals surface area contributed by atoms with E-state index >= 15 is 0 Å². The van der Waals surface area contributed by atoms with Crippen LogP contribution in [0.4, 0.5) is 26.1 Å². The van der Waals surface area contributed by atoms with E-state index in [0.717, 1.165) is 24.6 Å². The number of anilines is 3. The van der Waals surface area contributed by atoms with Gasteiger partial charge in [0.15, 0.2) is 5.82 Å². The Hall–Kier alpha value is -3.11. The molecule has 4 rings (SSSR count). The number of aromatic nitrogens is 2. The van der Waals surface area contributed by atoms with Crippen LogP contribution in [-0.2, 0) is 16.6 Å². The number of halogens is 2. The third-order valence-corrected chi connectivity index (χ3v) is 5.47. The molecule has 0 aliphatic carbocycles. The van der Waals surface area contributed by atoms with Crippen molar-refractivity contribution in [2.24, 2.45) is 5.73 Å². The summed E-state index contributed by atoms with van der Waals surface area (Å²) < 4.78 is 46.3. The van der Waals surface area contributed by atoms with E-state index in [1.165, 1.54) is 12.1 Å². The molecule has 188 valence electrons. The topological polar surface area (TPSA) is 102 Å². The zero-order valence-corrected chi connectivity index (χ0v) is 20.9. The first-order chi connectivity index (χ1) is 16.7. The van der Waals surface area contributed by atoms with Crippen LogP contribution in [0.3, 0.4) is 0 Å². The third-order valence-electron chi connectivity index (χ3n) is 4.73. The molecule has 0 spiro atoms. The van der Waals surface area contributed by atoms with Gasteiger partial charge in [-0.1, -0.05) is 13.8 Å². The van der Waals surface area contributed by atoms with Crippen molar-refractivity contribution < 1.29 is 17.7 Å². The van der Waals surface area contributed by atoms with Gasteiger partial charge in [-0.25, -0.2) is 18.7 Å². The molecule has 2 aromatic carbocycles. The minimum atomic E-state index is -1.02. The molecule has 0 amide bonds. The summed E-state index contributed by atoms with van der Waals surface area (Å²) in [5, 5.41) is 6.12. The highest BCUT2D eigenvalue weighted by Crippen LogP contribution is 2.28. The van der Waals surface area contributed by atoms with Crippen LogP contribution in [0.1, 0.15) is 32.3 Å². The number of hydrogen-bond acceptors (Lipinski definition) is 7. The zero-order valence-electron chi connectivity index (χ0n) is 20.1. The maximum absolute atomic E-state index is 14.5. The van der Waals surface area contributed by atoms with Gasteiger partial charge >= 0.3 is 0 Å². The van der Waals surface area contributed by atoms with E-state index in [-0.39, 0.29) is 11.6 Å². The lowest BCUT2D eigenvalue weighted by molar-refractivity contribution is 0.308. The molecule has 1 atom stereocenters. The Morgan fingerprint density at radius 1 is 1.14 bits per heavy atom. The smallest absolute Gasteiger partial charge is 0.227 e. The first-order valence-electron chi connectivity index (χ1n) is 11.4. The molecule has 1 aromatic heterocycles. The second-order valence-corrected chi connectivity index (χ2v) is 9.95. The molecule has 0 fully saturated rings. The van der Waals surface area contributed by atoms with Crippen molar-refractivity contribution in [3.05, 3.63) is 59.8 Å². The van der Waals surface area contributed by atoms with E-state index in [9.17, 15) is 13.0 Å². The maximum atomic E-state index is 14.5. The zero-order chi connectivity index (χ0) is 25.4. The van der Waals surface area contributed by atoms with Gasteiger partial charge in [0, 0.05) is 46.7 Å². The lowest BCUT2D eigenvalue weighted by Crippen LogP contribution is -2.08. The fourth-order valence-corrected chi connectivity index (χ4v) is 3.98. The van der Waals surface area contributed by atoms with Crippen molar-refractivity contribution in [2.45, 2.75) is 38.5 Å². The summed E-state index contributed by atoms with van der Waals surface area (Å²) in [6.07, 6.45) is 4.24. The SMILES string of the molecule is CC(C)N.CS(=O)Cc1cc2cc(c1)OCCCCNc1cc(ccc1F)-c1nc(ncc1F)N2. The van der Waals surface area contributed by atoms with Crippen molar-refractivity contribution in [3.63, 3.8) is 0 Å². The molecule has 0 radical (unpaired) electrons. The van der Waals surface area contributed by atoms with Gasteiger partial charge in [0.05, 0.1) is 18.5 Å². The summed E-state index contributed by atoms with van der Waals surface area (Å²) in [4.78, 5) is 8.33. The van der Waals surface area contributed by atoms with Gasteiger partial charge in [0.1, 0.15) is 17.3 Å². The Labute approximate surface area is 207 Å². The van der Waals surface area contributed by atoms with Gasteiger partial charge in [-0.15, -0.1) is 0 Å². The van der Waals surface area contributed by atoms with Crippen molar-refractivity contribution in [3.8, 4) is 17.0 Å². The van der Waals surface area contributed by atoms with Crippen LogP contribution in [-0.4, -0.2) is 39.6 Å². The van der Waals surface area contributed by atoms with E-state index in [1.54, 1.807) is 18.4 Å². The molecule has 1 aliphatic rings. The second-order valence-electron chi connectivity index (χ2n) is 8.52. The molecule has 7 nitrogen and oxygen atoms in total. The number of benzene rings is 2. The monoisotopic (exact) mass is 503 g/mol. The summed E-state index contributed by atoms with van der Waals surface area (Å²) in [6, 6.07) is 10.1. The van der Waals surface area contributed by atoms with Crippen molar-refractivity contribution in [1.29, 1.82) is 0 Å². The molecule has 1 aliphatic heterocycles. The van der Waals surface area contributed by atoms with Gasteiger partial charge in [-0.05, 0) is 54.8 Å². The number of nitrogens with zero attached hydrogens (tertiary/aromatic N) is 2. The second kappa shape index (κ2) is 12.6. The first kappa shape index (κ1) is 26.5. The van der Waals surface area contributed by atoms with Gasteiger partial charge < -0.3 is 21.1 Å². The van der Waals surface area contributed by atoms with Crippen LogP contribution in [0.2, 0.25) is 0 Å². The quantitative estimate of drug-likeness (QED) is 0.453. The van der Waals surface area contributed by atoms with Crippen LogP contribution >= 0.6 is 0 Å². The predicted molar refractivity (Wildman–Crippen MR) is 137 cm³/mol. The van der Waals surface area contributed by atoms with Crippen molar-refractivity contribution >= 4 is 28.1 Å². The molecular formula is C25H31F2N5O2S. The molecule has 4 N–H and O–H groups in total.